The van der Waals surface area contributed by atoms with Crippen molar-refractivity contribution in [1.82, 2.24) is 15.1 Å². The number of hydrogen-bond donors (Lipinski definition) is 2. The third kappa shape index (κ3) is 4.55. The van der Waals surface area contributed by atoms with Gasteiger partial charge in [-0.15, -0.1) is 0 Å². The van der Waals surface area contributed by atoms with Crippen LogP contribution < -0.4 is 5.32 Å². The molecule has 18 heavy (non-hydrogen) atoms. The van der Waals surface area contributed by atoms with Crippen LogP contribution in [0.5, 0.6) is 0 Å². The number of carboxylic acid groups (broad SMARTS) is 1. The van der Waals surface area contributed by atoms with Crippen molar-refractivity contribution in [3.8, 4) is 0 Å². The third-order valence-corrected chi connectivity index (χ3v) is 3.85. The van der Waals surface area contributed by atoms with Gasteiger partial charge >= 0.3 is 5.97 Å². The zero-order chi connectivity index (χ0) is 13.5. The Balaban J connectivity index is 2.39. The van der Waals surface area contributed by atoms with Gasteiger partial charge in [-0.25, -0.2) is 0 Å². The summed E-state index contributed by atoms with van der Waals surface area (Å²) in [6.07, 6.45) is 2.28. The molecule has 0 aliphatic carbocycles. The molecule has 1 unspecified atom stereocenters. The zero-order valence-electron chi connectivity index (χ0n) is 11.9. The molecule has 1 atom stereocenters. The monoisotopic (exact) mass is 257 g/mol. The molecule has 2 N–H and O–H groups in total. The summed E-state index contributed by atoms with van der Waals surface area (Å²) in [7, 11) is 2.04. The number of piperidine rings is 1. The van der Waals surface area contributed by atoms with Gasteiger partial charge in [0, 0.05) is 12.6 Å². The number of nitrogens with one attached hydrogen (secondary N) is 1. The Bertz CT molecular complexity index is 253. The molecule has 0 amide bonds. The van der Waals surface area contributed by atoms with Gasteiger partial charge in [0.15, 0.2) is 0 Å². The summed E-state index contributed by atoms with van der Waals surface area (Å²) in [4.78, 5) is 15.8. The van der Waals surface area contributed by atoms with Gasteiger partial charge in [0.25, 0.3) is 0 Å². The largest absolute Gasteiger partial charge is 0.480 e. The number of carbonyl (C=O) groups is 1. The van der Waals surface area contributed by atoms with Gasteiger partial charge in [0.2, 0.25) is 0 Å². The SMILES string of the molecule is CCNC(CN(C)C1CCN(CC)CC1)C(=O)O. The Labute approximate surface area is 110 Å². The second-order valence-corrected chi connectivity index (χ2v) is 5.05. The molecule has 1 rings (SSSR count). The maximum Gasteiger partial charge on any atom is 0.322 e. The Kier molecular flexibility index (Phi) is 6.60. The van der Waals surface area contributed by atoms with Gasteiger partial charge in [-0.05, 0) is 46.1 Å². The molecule has 5 nitrogen and oxygen atoms in total. The fraction of sp³-hybridized carbons (Fsp3) is 0.923. The van der Waals surface area contributed by atoms with Crippen LogP contribution in [0.25, 0.3) is 0 Å². The fourth-order valence-electron chi connectivity index (χ4n) is 2.59. The van der Waals surface area contributed by atoms with Crippen molar-refractivity contribution in [3.63, 3.8) is 0 Å². The zero-order valence-corrected chi connectivity index (χ0v) is 11.9. The average Bonchev–Trinajstić information content (AvgIpc) is 2.38. The minimum absolute atomic E-state index is 0.454. The minimum atomic E-state index is -0.755. The first kappa shape index (κ1) is 15.4. The molecule has 1 aliphatic rings. The normalized spacial score (nSPS) is 20.2. The van der Waals surface area contributed by atoms with Crippen molar-refractivity contribution in [2.45, 2.75) is 38.8 Å². The lowest BCUT2D eigenvalue weighted by molar-refractivity contribution is -0.140. The number of nitrogens with zero attached hydrogens (tertiary/aromatic N) is 2. The van der Waals surface area contributed by atoms with Crippen LogP contribution in [0.15, 0.2) is 0 Å². The lowest BCUT2D eigenvalue weighted by atomic mass is 10.0. The molecule has 1 aliphatic heterocycles. The number of hydrogen-bond acceptors (Lipinski definition) is 4. The molecule has 1 fully saturated rings. The van der Waals surface area contributed by atoms with Crippen LogP contribution in [-0.4, -0.2) is 72.7 Å². The Hall–Kier alpha value is -0.650. The maximum atomic E-state index is 11.1. The van der Waals surface area contributed by atoms with Crippen molar-refractivity contribution >= 4 is 5.97 Å². The first-order valence-corrected chi connectivity index (χ1v) is 6.97. The van der Waals surface area contributed by atoms with Crippen LogP contribution in [0.2, 0.25) is 0 Å². The van der Waals surface area contributed by atoms with Gasteiger partial charge in [0.05, 0.1) is 0 Å². The highest BCUT2D eigenvalue weighted by atomic mass is 16.4. The molecule has 0 saturated carbocycles. The van der Waals surface area contributed by atoms with E-state index >= 15 is 0 Å². The van der Waals surface area contributed by atoms with E-state index in [1.54, 1.807) is 0 Å². The smallest absolute Gasteiger partial charge is 0.322 e. The molecular formula is C13H27N3O2. The van der Waals surface area contributed by atoms with Gasteiger partial charge < -0.3 is 20.2 Å². The van der Waals surface area contributed by atoms with Crippen molar-refractivity contribution in [2.24, 2.45) is 0 Å². The van der Waals surface area contributed by atoms with Crippen molar-refractivity contribution in [2.75, 3.05) is 39.8 Å². The molecule has 0 aromatic heterocycles. The van der Waals surface area contributed by atoms with E-state index in [1.165, 1.54) is 0 Å². The van der Waals surface area contributed by atoms with E-state index in [4.69, 9.17) is 5.11 Å². The number of likely N-dealkylation sites (tertiary alicyclic amines) is 1. The van der Waals surface area contributed by atoms with E-state index in [9.17, 15) is 4.79 Å². The fourth-order valence-corrected chi connectivity index (χ4v) is 2.59. The first-order valence-electron chi connectivity index (χ1n) is 6.97. The lowest BCUT2D eigenvalue weighted by Gasteiger charge is -2.37. The topological polar surface area (TPSA) is 55.8 Å². The highest BCUT2D eigenvalue weighted by Crippen LogP contribution is 2.15. The van der Waals surface area contributed by atoms with Crippen LogP contribution in [-0.2, 0) is 4.79 Å². The standard InChI is InChI=1S/C13H27N3O2/c1-4-14-12(13(17)18)10-15(3)11-6-8-16(5-2)9-7-11/h11-12,14H,4-10H2,1-3H3,(H,17,18). The third-order valence-electron chi connectivity index (χ3n) is 3.85. The molecule has 1 heterocycles. The molecule has 0 spiro atoms. The van der Waals surface area contributed by atoms with Gasteiger partial charge in [0.1, 0.15) is 6.04 Å². The quantitative estimate of drug-likeness (QED) is 0.694. The average molecular weight is 257 g/mol. The van der Waals surface area contributed by atoms with E-state index < -0.39 is 12.0 Å². The summed E-state index contributed by atoms with van der Waals surface area (Å²) in [5.74, 6) is -0.755. The highest BCUT2D eigenvalue weighted by Gasteiger charge is 2.25. The van der Waals surface area contributed by atoms with Gasteiger partial charge in [-0.2, -0.15) is 0 Å². The summed E-state index contributed by atoms with van der Waals surface area (Å²) >= 11 is 0. The van der Waals surface area contributed by atoms with Crippen LogP contribution in [0, 0.1) is 0 Å². The number of rotatable bonds is 7. The van der Waals surface area contributed by atoms with Crippen LogP contribution in [0.1, 0.15) is 26.7 Å². The predicted molar refractivity (Wildman–Crippen MR) is 72.9 cm³/mol. The lowest BCUT2D eigenvalue weighted by Crippen LogP contribution is -2.50. The van der Waals surface area contributed by atoms with E-state index in [-0.39, 0.29) is 0 Å². The molecule has 0 bridgehead atoms. The van der Waals surface area contributed by atoms with Crippen molar-refractivity contribution < 1.29 is 9.90 Å². The Morgan fingerprint density at radius 2 is 2.06 bits per heavy atom. The van der Waals surface area contributed by atoms with Crippen molar-refractivity contribution in [3.05, 3.63) is 0 Å². The van der Waals surface area contributed by atoms with Gasteiger partial charge in [-0.1, -0.05) is 13.8 Å². The van der Waals surface area contributed by atoms with Crippen LogP contribution >= 0.6 is 0 Å². The molecule has 0 aromatic rings. The molecule has 0 radical (unpaired) electrons. The highest BCUT2D eigenvalue weighted by molar-refractivity contribution is 5.73. The summed E-state index contributed by atoms with van der Waals surface area (Å²) in [5, 5.41) is 12.2. The van der Waals surface area contributed by atoms with Crippen LogP contribution in [0.4, 0.5) is 0 Å². The summed E-state index contributed by atoms with van der Waals surface area (Å²) < 4.78 is 0. The first-order chi connectivity index (χ1) is 8.58. The van der Waals surface area contributed by atoms with E-state index in [0.29, 0.717) is 19.1 Å². The second kappa shape index (κ2) is 7.71. The molecule has 106 valence electrons. The Morgan fingerprint density at radius 1 is 1.44 bits per heavy atom. The number of carboxylic acids is 1. The summed E-state index contributed by atoms with van der Waals surface area (Å²) in [5.41, 5.74) is 0. The van der Waals surface area contributed by atoms with Gasteiger partial charge in [-0.3, -0.25) is 4.79 Å². The number of aliphatic carboxylic acids is 1. The Morgan fingerprint density at radius 3 is 2.50 bits per heavy atom. The molecular weight excluding hydrogens is 230 g/mol. The molecule has 5 heteroatoms. The van der Waals surface area contributed by atoms with E-state index in [2.05, 4.69) is 22.0 Å². The second-order valence-electron chi connectivity index (χ2n) is 5.05. The number of likely N-dealkylation sites (N-methyl/N-ethyl adjacent to an activating group) is 2. The van der Waals surface area contributed by atoms with E-state index in [1.807, 2.05) is 14.0 Å². The molecule has 0 aromatic carbocycles. The summed E-state index contributed by atoms with van der Waals surface area (Å²) in [6.45, 7) is 8.78. The summed E-state index contributed by atoms with van der Waals surface area (Å²) in [6, 6.07) is 0.0671. The predicted octanol–water partition coefficient (Wildman–Crippen LogP) is 0.465. The minimum Gasteiger partial charge on any atom is -0.480 e. The maximum absolute atomic E-state index is 11.1. The van der Waals surface area contributed by atoms with Crippen molar-refractivity contribution in [1.29, 1.82) is 0 Å². The van der Waals surface area contributed by atoms with Crippen LogP contribution in [0.3, 0.4) is 0 Å². The molecule has 1 saturated heterocycles. The van der Waals surface area contributed by atoms with E-state index in [0.717, 1.165) is 32.5 Å².